The molecule has 0 aliphatic carbocycles. The van der Waals surface area contributed by atoms with Crippen LogP contribution in [0.25, 0.3) is 0 Å². The summed E-state index contributed by atoms with van der Waals surface area (Å²) in [6, 6.07) is -0.170. The molecule has 4 heteroatoms. The second kappa shape index (κ2) is 6.79. The highest BCUT2D eigenvalue weighted by Crippen LogP contribution is 2.09. The van der Waals surface area contributed by atoms with Gasteiger partial charge in [-0.05, 0) is 20.3 Å². The Morgan fingerprint density at radius 1 is 1.50 bits per heavy atom. The molecular weight excluding hydrogens is 182 g/mol. The second-order valence-electron chi connectivity index (χ2n) is 3.59. The molecule has 1 atom stereocenters. The van der Waals surface area contributed by atoms with Crippen LogP contribution in [0.4, 0.5) is 0 Å². The number of hydrogen-bond acceptors (Lipinski definition) is 3. The highest BCUT2D eigenvalue weighted by atomic mass is 16.5. The molecule has 0 saturated carbocycles. The highest BCUT2D eigenvalue weighted by molar-refractivity contribution is 5.73. The zero-order valence-corrected chi connectivity index (χ0v) is 9.49. The van der Waals surface area contributed by atoms with E-state index < -0.39 is 12.0 Å². The minimum Gasteiger partial charge on any atom is -0.480 e. The number of carboxylic acid groups (broad SMARTS) is 1. The average Bonchev–Trinajstić information content (AvgIpc) is 2.10. The standard InChI is InChI=1S/C10H21NO3/c1-5-9(10(12)13)11(8(2)3)6-7-14-4/h8-9H,5-7H2,1-4H3,(H,12,13). The third-order valence-electron chi connectivity index (χ3n) is 2.29. The SMILES string of the molecule is CCC(C(=O)O)N(CCOC)C(C)C. The van der Waals surface area contributed by atoms with E-state index in [4.69, 9.17) is 9.84 Å². The average molecular weight is 203 g/mol. The van der Waals surface area contributed by atoms with Crippen molar-refractivity contribution in [2.75, 3.05) is 20.3 Å². The molecule has 84 valence electrons. The fourth-order valence-corrected chi connectivity index (χ4v) is 1.52. The fraction of sp³-hybridized carbons (Fsp3) is 0.900. The molecule has 0 heterocycles. The van der Waals surface area contributed by atoms with Gasteiger partial charge in [-0.1, -0.05) is 6.92 Å². The minimum absolute atomic E-state index is 0.228. The van der Waals surface area contributed by atoms with E-state index in [1.165, 1.54) is 0 Å². The maximum Gasteiger partial charge on any atom is 0.320 e. The second-order valence-corrected chi connectivity index (χ2v) is 3.59. The molecule has 0 aliphatic rings. The molecule has 0 aromatic rings. The van der Waals surface area contributed by atoms with Gasteiger partial charge < -0.3 is 9.84 Å². The van der Waals surface area contributed by atoms with Crippen molar-refractivity contribution in [3.8, 4) is 0 Å². The van der Waals surface area contributed by atoms with Crippen LogP contribution in [0, 0.1) is 0 Å². The molecule has 0 aliphatic heterocycles. The Bertz CT molecular complexity index is 171. The first-order valence-electron chi connectivity index (χ1n) is 5.02. The van der Waals surface area contributed by atoms with Crippen LogP contribution in [0.1, 0.15) is 27.2 Å². The predicted octanol–water partition coefficient (Wildman–Crippen LogP) is 1.21. The van der Waals surface area contributed by atoms with Crippen LogP contribution in [0.2, 0.25) is 0 Å². The van der Waals surface area contributed by atoms with Crippen molar-refractivity contribution >= 4 is 5.97 Å². The summed E-state index contributed by atoms with van der Waals surface area (Å²) in [7, 11) is 1.63. The molecule has 0 aromatic carbocycles. The van der Waals surface area contributed by atoms with Crippen LogP contribution in [0.5, 0.6) is 0 Å². The molecule has 0 radical (unpaired) electrons. The molecule has 0 fully saturated rings. The van der Waals surface area contributed by atoms with Gasteiger partial charge in [-0.2, -0.15) is 0 Å². The quantitative estimate of drug-likeness (QED) is 0.675. The first-order valence-corrected chi connectivity index (χ1v) is 5.02. The largest absolute Gasteiger partial charge is 0.480 e. The van der Waals surface area contributed by atoms with E-state index in [1.807, 2.05) is 25.7 Å². The van der Waals surface area contributed by atoms with Crippen LogP contribution >= 0.6 is 0 Å². The maximum absolute atomic E-state index is 11.0. The Morgan fingerprint density at radius 2 is 2.07 bits per heavy atom. The molecule has 14 heavy (non-hydrogen) atoms. The summed E-state index contributed by atoms with van der Waals surface area (Å²) >= 11 is 0. The van der Waals surface area contributed by atoms with Gasteiger partial charge in [-0.3, -0.25) is 9.69 Å². The van der Waals surface area contributed by atoms with Gasteiger partial charge in [0.25, 0.3) is 0 Å². The van der Waals surface area contributed by atoms with Gasteiger partial charge in [0.1, 0.15) is 6.04 Å². The molecule has 0 saturated heterocycles. The monoisotopic (exact) mass is 203 g/mol. The molecule has 0 aromatic heterocycles. The van der Waals surface area contributed by atoms with Crippen LogP contribution in [-0.4, -0.2) is 48.3 Å². The lowest BCUT2D eigenvalue weighted by Gasteiger charge is -2.31. The number of carbonyl (C=O) groups is 1. The van der Waals surface area contributed by atoms with E-state index in [9.17, 15) is 4.79 Å². The van der Waals surface area contributed by atoms with E-state index in [1.54, 1.807) is 7.11 Å². The number of carboxylic acids is 1. The van der Waals surface area contributed by atoms with E-state index in [0.29, 0.717) is 19.6 Å². The summed E-state index contributed by atoms with van der Waals surface area (Å²) in [6.07, 6.45) is 0.622. The summed E-state index contributed by atoms with van der Waals surface area (Å²) in [5, 5.41) is 9.01. The van der Waals surface area contributed by atoms with E-state index >= 15 is 0 Å². The van der Waals surface area contributed by atoms with Crippen molar-refractivity contribution in [3.63, 3.8) is 0 Å². The molecule has 0 bridgehead atoms. The Hall–Kier alpha value is -0.610. The predicted molar refractivity (Wildman–Crippen MR) is 55.4 cm³/mol. The molecule has 1 N–H and O–H groups in total. The molecule has 0 rings (SSSR count). The lowest BCUT2D eigenvalue weighted by molar-refractivity contribution is -0.144. The number of methoxy groups -OCH3 is 1. The Morgan fingerprint density at radius 3 is 2.36 bits per heavy atom. The topological polar surface area (TPSA) is 49.8 Å². The van der Waals surface area contributed by atoms with Crippen LogP contribution in [-0.2, 0) is 9.53 Å². The third kappa shape index (κ3) is 4.07. The van der Waals surface area contributed by atoms with Crippen molar-refractivity contribution in [1.29, 1.82) is 0 Å². The van der Waals surface area contributed by atoms with Gasteiger partial charge in [0.15, 0.2) is 0 Å². The smallest absolute Gasteiger partial charge is 0.320 e. The Labute approximate surface area is 85.9 Å². The van der Waals surface area contributed by atoms with Crippen molar-refractivity contribution in [1.82, 2.24) is 4.90 Å². The Kier molecular flexibility index (Phi) is 6.49. The van der Waals surface area contributed by atoms with E-state index in [-0.39, 0.29) is 6.04 Å². The van der Waals surface area contributed by atoms with Crippen molar-refractivity contribution in [3.05, 3.63) is 0 Å². The van der Waals surface area contributed by atoms with E-state index in [2.05, 4.69) is 0 Å². The lowest BCUT2D eigenvalue weighted by Crippen LogP contribution is -2.46. The number of rotatable bonds is 7. The number of hydrogen-bond donors (Lipinski definition) is 1. The van der Waals surface area contributed by atoms with Crippen molar-refractivity contribution < 1.29 is 14.6 Å². The van der Waals surface area contributed by atoms with Gasteiger partial charge >= 0.3 is 5.97 Å². The summed E-state index contributed by atoms with van der Waals surface area (Å²) in [4.78, 5) is 12.9. The molecule has 0 spiro atoms. The first kappa shape index (κ1) is 13.4. The van der Waals surface area contributed by atoms with Crippen LogP contribution in [0.3, 0.4) is 0 Å². The zero-order valence-electron chi connectivity index (χ0n) is 9.49. The minimum atomic E-state index is -0.752. The first-order chi connectivity index (χ1) is 6.54. The van der Waals surface area contributed by atoms with Crippen LogP contribution in [0.15, 0.2) is 0 Å². The van der Waals surface area contributed by atoms with Gasteiger partial charge in [-0.25, -0.2) is 0 Å². The summed E-state index contributed by atoms with van der Waals surface area (Å²) in [5.41, 5.74) is 0. The summed E-state index contributed by atoms with van der Waals surface area (Å²) in [6.45, 7) is 7.13. The number of nitrogens with zero attached hydrogens (tertiary/aromatic N) is 1. The van der Waals surface area contributed by atoms with Gasteiger partial charge in [0.2, 0.25) is 0 Å². The maximum atomic E-state index is 11.0. The molecule has 4 nitrogen and oxygen atoms in total. The zero-order chi connectivity index (χ0) is 11.1. The lowest BCUT2D eigenvalue weighted by atomic mass is 10.1. The fourth-order valence-electron chi connectivity index (χ4n) is 1.52. The van der Waals surface area contributed by atoms with Crippen molar-refractivity contribution in [2.24, 2.45) is 0 Å². The molecule has 1 unspecified atom stereocenters. The van der Waals surface area contributed by atoms with Gasteiger partial charge in [0, 0.05) is 19.7 Å². The normalized spacial score (nSPS) is 13.6. The van der Waals surface area contributed by atoms with Gasteiger partial charge in [0.05, 0.1) is 6.61 Å². The highest BCUT2D eigenvalue weighted by Gasteiger charge is 2.25. The van der Waals surface area contributed by atoms with E-state index in [0.717, 1.165) is 0 Å². The summed E-state index contributed by atoms with van der Waals surface area (Å²) < 4.78 is 4.96. The van der Waals surface area contributed by atoms with Crippen LogP contribution < -0.4 is 0 Å². The third-order valence-corrected chi connectivity index (χ3v) is 2.29. The number of aliphatic carboxylic acids is 1. The van der Waals surface area contributed by atoms with Crippen molar-refractivity contribution in [2.45, 2.75) is 39.3 Å². The summed E-state index contributed by atoms with van der Waals surface area (Å²) in [5.74, 6) is -0.752. The molecule has 0 amide bonds. The molecular formula is C10H21NO3. The Balaban J connectivity index is 4.35. The van der Waals surface area contributed by atoms with Gasteiger partial charge in [-0.15, -0.1) is 0 Å². The number of ether oxygens (including phenoxy) is 1.